The topological polar surface area (TPSA) is 79.3 Å². The summed E-state index contributed by atoms with van der Waals surface area (Å²) in [4.78, 5) is 3.99. The summed E-state index contributed by atoms with van der Waals surface area (Å²) in [5, 5.41) is 8.62. The highest BCUT2D eigenvalue weighted by atomic mass is 32.2. The quantitative estimate of drug-likeness (QED) is 0.797. The van der Waals surface area contributed by atoms with Gasteiger partial charge in [-0.15, -0.1) is 0 Å². The lowest BCUT2D eigenvalue weighted by molar-refractivity contribution is 0.350. The first-order chi connectivity index (χ1) is 9.12. The normalized spacial score (nSPS) is 16.1. The van der Waals surface area contributed by atoms with Gasteiger partial charge in [-0.1, -0.05) is 24.7 Å². The number of hydrogen-bond acceptors (Lipinski definition) is 4. The van der Waals surface area contributed by atoms with Gasteiger partial charge in [-0.05, 0) is 18.9 Å². The van der Waals surface area contributed by atoms with Crippen molar-refractivity contribution in [1.29, 1.82) is 0 Å². The third-order valence-corrected chi connectivity index (χ3v) is 4.50. The minimum absolute atomic E-state index is 0.0252. The van der Waals surface area contributed by atoms with Gasteiger partial charge in [0.15, 0.2) is 0 Å². The van der Waals surface area contributed by atoms with Crippen LogP contribution in [0.1, 0.15) is 31.2 Å². The van der Waals surface area contributed by atoms with Crippen LogP contribution >= 0.6 is 0 Å². The summed E-state index contributed by atoms with van der Waals surface area (Å²) in [7, 11) is -3.53. The maximum absolute atomic E-state index is 12.2. The van der Waals surface area contributed by atoms with Crippen LogP contribution in [0.4, 0.5) is 0 Å². The van der Waals surface area contributed by atoms with E-state index < -0.39 is 10.0 Å². The van der Waals surface area contributed by atoms with Gasteiger partial charge in [0.1, 0.15) is 11.5 Å². The van der Waals surface area contributed by atoms with E-state index in [1.165, 1.54) is 18.5 Å². The maximum Gasteiger partial charge on any atom is 0.242 e. The van der Waals surface area contributed by atoms with Crippen molar-refractivity contribution >= 4 is 10.0 Å². The van der Waals surface area contributed by atoms with Gasteiger partial charge in [-0.25, -0.2) is 13.1 Å². The summed E-state index contributed by atoms with van der Waals surface area (Å²) in [5.41, 5.74) is 0.475. The Hall–Kier alpha value is -1.42. The number of hydrogen-bond donors (Lipinski definition) is 2. The lowest BCUT2D eigenvalue weighted by Crippen LogP contribution is -2.32. The van der Waals surface area contributed by atoms with Gasteiger partial charge < -0.3 is 5.11 Å². The number of pyridine rings is 1. The van der Waals surface area contributed by atoms with E-state index in [1.54, 1.807) is 0 Å². The van der Waals surface area contributed by atoms with Gasteiger partial charge in [0, 0.05) is 24.0 Å². The summed E-state index contributed by atoms with van der Waals surface area (Å²) in [6, 6.07) is 1.49. The number of aromatic nitrogens is 1. The van der Waals surface area contributed by atoms with Crippen LogP contribution < -0.4 is 4.72 Å². The van der Waals surface area contributed by atoms with Crippen molar-refractivity contribution in [1.82, 2.24) is 9.71 Å². The van der Waals surface area contributed by atoms with Crippen LogP contribution in [-0.4, -0.2) is 31.2 Å². The van der Waals surface area contributed by atoms with Crippen LogP contribution in [0, 0.1) is 11.8 Å². The molecule has 0 spiro atoms. The Kier molecular flexibility index (Phi) is 4.53. The molecular weight excluding hydrogens is 264 g/mol. The average Bonchev–Trinajstić information content (AvgIpc) is 2.89. The van der Waals surface area contributed by atoms with Crippen molar-refractivity contribution in [3.05, 3.63) is 24.0 Å². The lowest BCUT2D eigenvalue weighted by atomic mass is 10.3. The van der Waals surface area contributed by atoms with E-state index in [2.05, 4.69) is 21.5 Å². The predicted molar refractivity (Wildman–Crippen MR) is 70.8 cm³/mol. The molecular formula is C13H16N2O3S. The fourth-order valence-corrected chi connectivity index (χ4v) is 3.40. The van der Waals surface area contributed by atoms with E-state index in [4.69, 9.17) is 5.11 Å². The molecule has 0 aromatic carbocycles. The van der Waals surface area contributed by atoms with Crippen molar-refractivity contribution in [3.8, 4) is 11.8 Å². The first kappa shape index (κ1) is 14.0. The molecule has 1 aliphatic carbocycles. The zero-order valence-electron chi connectivity index (χ0n) is 10.5. The molecule has 0 amide bonds. The minimum Gasteiger partial charge on any atom is -0.384 e. The number of rotatable bonds is 3. The molecule has 5 nitrogen and oxygen atoms in total. The summed E-state index contributed by atoms with van der Waals surface area (Å²) in [6.45, 7) is -0.267. The number of aliphatic hydroxyl groups is 1. The van der Waals surface area contributed by atoms with Crippen LogP contribution in [-0.2, 0) is 10.0 Å². The first-order valence-electron chi connectivity index (χ1n) is 6.19. The Labute approximate surface area is 113 Å². The van der Waals surface area contributed by atoms with E-state index in [1.807, 2.05) is 0 Å². The molecule has 0 radical (unpaired) electrons. The van der Waals surface area contributed by atoms with Gasteiger partial charge in [0.25, 0.3) is 0 Å². The largest absolute Gasteiger partial charge is 0.384 e. The monoisotopic (exact) mass is 280 g/mol. The Morgan fingerprint density at radius 1 is 1.37 bits per heavy atom. The highest BCUT2D eigenvalue weighted by Crippen LogP contribution is 2.20. The molecule has 1 aromatic heterocycles. The second-order valence-corrected chi connectivity index (χ2v) is 6.19. The fourth-order valence-electron chi connectivity index (χ4n) is 2.11. The molecule has 1 aliphatic rings. The van der Waals surface area contributed by atoms with Gasteiger partial charge in [0.05, 0.1) is 0 Å². The van der Waals surface area contributed by atoms with Gasteiger partial charge in [-0.3, -0.25) is 4.98 Å². The Morgan fingerprint density at radius 3 is 2.79 bits per heavy atom. The standard InChI is InChI=1S/C13H16N2O3S/c16-7-3-4-11-8-13(10-14-9-11)19(17,18)15-12-5-1-2-6-12/h8-10,12,15-16H,1-2,5-7H2. The predicted octanol–water partition coefficient (Wildman–Crippen LogP) is 0.646. The van der Waals surface area contributed by atoms with Gasteiger partial charge in [0.2, 0.25) is 10.0 Å². The molecule has 102 valence electrons. The smallest absolute Gasteiger partial charge is 0.242 e. The molecule has 1 saturated carbocycles. The third kappa shape index (κ3) is 3.77. The van der Waals surface area contributed by atoms with Gasteiger partial charge in [-0.2, -0.15) is 0 Å². The second kappa shape index (κ2) is 6.15. The van der Waals surface area contributed by atoms with Crippen LogP contribution in [0.5, 0.6) is 0 Å². The first-order valence-corrected chi connectivity index (χ1v) is 7.67. The maximum atomic E-state index is 12.2. The molecule has 1 aromatic rings. The highest BCUT2D eigenvalue weighted by Gasteiger charge is 2.23. The second-order valence-electron chi connectivity index (χ2n) is 4.47. The van der Waals surface area contributed by atoms with E-state index in [0.29, 0.717) is 5.56 Å². The fraction of sp³-hybridized carbons (Fsp3) is 0.462. The van der Waals surface area contributed by atoms with E-state index >= 15 is 0 Å². The average molecular weight is 280 g/mol. The molecule has 0 atom stereocenters. The molecule has 2 rings (SSSR count). The summed E-state index contributed by atoms with van der Waals surface area (Å²) >= 11 is 0. The van der Waals surface area contributed by atoms with Crippen LogP contribution in [0.25, 0.3) is 0 Å². The molecule has 1 fully saturated rings. The van der Waals surface area contributed by atoms with Crippen LogP contribution in [0.3, 0.4) is 0 Å². The molecule has 0 unspecified atom stereocenters. The highest BCUT2D eigenvalue weighted by molar-refractivity contribution is 7.89. The van der Waals surface area contributed by atoms with Crippen LogP contribution in [0.15, 0.2) is 23.4 Å². The number of aliphatic hydroxyl groups excluding tert-OH is 1. The summed E-state index contributed by atoms with van der Waals surface area (Å²) < 4.78 is 27.0. The van der Waals surface area contributed by atoms with Crippen molar-refractivity contribution in [2.24, 2.45) is 0 Å². The van der Waals surface area contributed by atoms with Crippen molar-refractivity contribution in [3.63, 3.8) is 0 Å². The molecule has 6 heteroatoms. The number of nitrogens with zero attached hydrogens (tertiary/aromatic N) is 1. The van der Waals surface area contributed by atoms with E-state index in [0.717, 1.165) is 25.7 Å². The van der Waals surface area contributed by atoms with E-state index in [9.17, 15) is 8.42 Å². The SMILES string of the molecule is O=S(=O)(NC1CCCC1)c1cncc(C#CCO)c1. The third-order valence-electron chi connectivity index (χ3n) is 3.01. The Balaban J connectivity index is 2.19. The van der Waals surface area contributed by atoms with Crippen molar-refractivity contribution in [2.45, 2.75) is 36.6 Å². The van der Waals surface area contributed by atoms with E-state index in [-0.39, 0.29) is 17.5 Å². The molecule has 0 aliphatic heterocycles. The molecule has 0 bridgehead atoms. The molecule has 19 heavy (non-hydrogen) atoms. The molecule has 1 heterocycles. The number of sulfonamides is 1. The minimum atomic E-state index is -3.53. The summed E-state index contributed by atoms with van der Waals surface area (Å²) in [5.74, 6) is 5.11. The molecule has 2 N–H and O–H groups in total. The Bertz CT molecular complexity index is 596. The lowest BCUT2D eigenvalue weighted by Gasteiger charge is -2.12. The number of nitrogens with one attached hydrogen (secondary N) is 1. The zero-order valence-corrected chi connectivity index (χ0v) is 11.3. The zero-order chi connectivity index (χ0) is 13.7. The van der Waals surface area contributed by atoms with Gasteiger partial charge >= 0.3 is 0 Å². The van der Waals surface area contributed by atoms with Crippen molar-refractivity contribution < 1.29 is 13.5 Å². The van der Waals surface area contributed by atoms with Crippen molar-refractivity contribution in [2.75, 3.05) is 6.61 Å². The Morgan fingerprint density at radius 2 is 2.11 bits per heavy atom. The summed E-state index contributed by atoms with van der Waals surface area (Å²) in [6.07, 6.45) is 6.67. The molecule has 0 saturated heterocycles. The van der Waals surface area contributed by atoms with Crippen LogP contribution in [0.2, 0.25) is 0 Å².